The summed E-state index contributed by atoms with van der Waals surface area (Å²) in [5.74, 6) is 0. The van der Waals surface area contributed by atoms with Crippen LogP contribution in [0.5, 0.6) is 0 Å². The molecular weight excluding hydrogens is 138 g/mol. The Morgan fingerprint density at radius 1 is 1.27 bits per heavy atom. The number of rotatable bonds is 1. The van der Waals surface area contributed by atoms with Crippen molar-refractivity contribution in [2.45, 2.75) is 0 Å². The van der Waals surface area contributed by atoms with Crippen molar-refractivity contribution in [3.63, 3.8) is 0 Å². The summed E-state index contributed by atoms with van der Waals surface area (Å²) < 4.78 is 14.0. The molecule has 0 amide bonds. The van der Waals surface area contributed by atoms with Crippen LogP contribution in [-0.2, 0) is 0 Å². The standard InChI is InChI=1S/C8H5N3/c9-4-6-2-1-3-7(5-10)8(6)11/h1-3H,11H2/i/hD2. The second kappa shape index (κ2) is 2.72. The molecule has 2 N–H and O–H groups in total. The summed E-state index contributed by atoms with van der Waals surface area (Å²) in [5.41, 5.74) is 0.609. The molecule has 0 radical (unpaired) electrons. The Hall–Kier alpha value is -2.00. The molecule has 0 aromatic heterocycles. The maximum absolute atomic E-state index is 8.63. The molecule has 0 aliphatic heterocycles. The van der Waals surface area contributed by atoms with Crippen molar-refractivity contribution in [1.29, 1.82) is 10.5 Å². The van der Waals surface area contributed by atoms with Gasteiger partial charge in [-0.1, -0.05) is 6.07 Å². The molecule has 52 valence electrons. The average Bonchev–Trinajstić information content (AvgIpc) is 2.16. The van der Waals surface area contributed by atoms with Crippen molar-refractivity contribution in [1.82, 2.24) is 0 Å². The van der Waals surface area contributed by atoms with Crippen LogP contribution in [0.3, 0.4) is 0 Å². The van der Waals surface area contributed by atoms with E-state index in [0.29, 0.717) is 0 Å². The number of nitrogens with zero attached hydrogens (tertiary/aromatic N) is 2. The van der Waals surface area contributed by atoms with Crippen molar-refractivity contribution in [2.75, 3.05) is 5.72 Å². The van der Waals surface area contributed by atoms with E-state index in [1.54, 1.807) is 6.07 Å². The summed E-state index contributed by atoms with van der Waals surface area (Å²) in [7, 11) is 0. The largest absolute Gasteiger partial charge is 0.397 e. The fourth-order valence-corrected chi connectivity index (χ4v) is 0.724. The Morgan fingerprint density at radius 2 is 1.82 bits per heavy atom. The fraction of sp³-hybridized carbons (Fsp3) is 0. The van der Waals surface area contributed by atoms with E-state index in [1.807, 2.05) is 12.1 Å². The normalized spacial score (nSPS) is 10.4. The van der Waals surface area contributed by atoms with Crippen molar-refractivity contribution < 1.29 is 2.82 Å². The SMILES string of the molecule is [2H]N([2H])c1c(C#N)cccc1C#N. The lowest BCUT2D eigenvalue weighted by Gasteiger charge is -1.96. The molecule has 3 heteroatoms. The van der Waals surface area contributed by atoms with Crippen LogP contribution in [0.2, 0.25) is 2.82 Å². The van der Waals surface area contributed by atoms with Crippen LogP contribution in [0.4, 0.5) is 5.69 Å². The van der Waals surface area contributed by atoms with Crippen LogP contribution in [0, 0.1) is 22.7 Å². The first-order chi connectivity index (χ1) is 6.20. The number of benzene rings is 1. The molecule has 0 aliphatic carbocycles. The summed E-state index contributed by atoms with van der Waals surface area (Å²) in [6.45, 7) is 0. The Labute approximate surface area is 67.2 Å². The molecular formula is C8H5N3. The third kappa shape index (κ3) is 1.12. The molecule has 0 fully saturated rings. The van der Waals surface area contributed by atoms with Gasteiger partial charge in [0.1, 0.15) is 12.1 Å². The van der Waals surface area contributed by atoms with E-state index in [-0.39, 0.29) is 22.5 Å². The number of hydrogen-bond donors (Lipinski definition) is 1. The molecule has 0 heterocycles. The number of nitriles is 2. The van der Waals surface area contributed by atoms with Crippen LogP contribution in [0.15, 0.2) is 18.2 Å². The van der Waals surface area contributed by atoms with Gasteiger partial charge in [-0.25, -0.2) is 0 Å². The highest BCUT2D eigenvalue weighted by atomic mass is 14.6. The van der Waals surface area contributed by atoms with Gasteiger partial charge in [0.15, 0.2) is 2.82 Å². The number of anilines is 1. The molecule has 1 aromatic carbocycles. The van der Waals surface area contributed by atoms with E-state index >= 15 is 0 Å². The van der Waals surface area contributed by atoms with Crippen molar-refractivity contribution in [3.8, 4) is 12.1 Å². The Kier molecular flexibility index (Phi) is 1.18. The number of hydrogen-bond acceptors (Lipinski definition) is 3. The van der Waals surface area contributed by atoms with E-state index in [9.17, 15) is 0 Å². The first kappa shape index (κ1) is 4.76. The maximum Gasteiger partial charge on any atom is 0.156 e. The van der Waals surface area contributed by atoms with Crippen LogP contribution in [0.1, 0.15) is 11.1 Å². The molecule has 0 unspecified atom stereocenters. The highest BCUT2D eigenvalue weighted by Gasteiger charge is 2.01. The molecule has 0 aliphatic rings. The van der Waals surface area contributed by atoms with E-state index in [2.05, 4.69) is 0 Å². The summed E-state index contributed by atoms with van der Waals surface area (Å²) in [5, 5.41) is 17.3. The van der Waals surface area contributed by atoms with E-state index in [4.69, 9.17) is 13.3 Å². The van der Waals surface area contributed by atoms with Gasteiger partial charge in [0.25, 0.3) is 0 Å². The minimum atomic E-state index is 0.0208. The van der Waals surface area contributed by atoms with Crippen LogP contribution < -0.4 is 5.72 Å². The van der Waals surface area contributed by atoms with Gasteiger partial charge in [-0.3, -0.25) is 0 Å². The molecule has 0 saturated carbocycles. The first-order valence-corrected chi connectivity index (χ1v) is 2.91. The molecule has 0 bridgehead atoms. The predicted octanol–water partition coefficient (Wildman–Crippen LogP) is 1.01. The third-order valence-corrected chi connectivity index (χ3v) is 1.28. The highest BCUT2D eigenvalue weighted by molar-refractivity contribution is 5.63. The molecule has 0 spiro atoms. The van der Waals surface area contributed by atoms with Gasteiger partial charge in [0.2, 0.25) is 0 Å². The van der Waals surface area contributed by atoms with E-state index < -0.39 is 0 Å². The number of nitrogen functional groups attached to an aromatic ring is 1. The lowest BCUT2D eigenvalue weighted by molar-refractivity contribution is 1.45. The van der Waals surface area contributed by atoms with E-state index in [1.165, 1.54) is 12.1 Å². The van der Waals surface area contributed by atoms with Crippen molar-refractivity contribution in [3.05, 3.63) is 29.3 Å². The molecule has 11 heavy (non-hydrogen) atoms. The Balaban J connectivity index is 3.43. The minimum absolute atomic E-state index is 0.0208. The molecule has 1 rings (SSSR count). The zero-order chi connectivity index (χ0) is 9.84. The van der Waals surface area contributed by atoms with Crippen molar-refractivity contribution >= 4 is 5.69 Å². The molecule has 0 atom stereocenters. The van der Waals surface area contributed by atoms with Gasteiger partial charge in [0, 0.05) is 0 Å². The summed E-state index contributed by atoms with van der Waals surface area (Å²) in [4.78, 5) is 0. The zero-order valence-electron chi connectivity index (χ0n) is 7.57. The summed E-state index contributed by atoms with van der Waals surface area (Å²) in [6, 6.07) is 8.11. The lowest BCUT2D eigenvalue weighted by Crippen LogP contribution is -1.93. The molecule has 0 saturated heterocycles. The van der Waals surface area contributed by atoms with Crippen LogP contribution >= 0.6 is 0 Å². The quantitative estimate of drug-likeness (QED) is 0.599. The number of nitrogens with two attached hydrogens (primary N) is 1. The maximum atomic E-state index is 8.63. The Morgan fingerprint density at radius 3 is 2.18 bits per heavy atom. The zero-order valence-corrected chi connectivity index (χ0v) is 5.57. The minimum Gasteiger partial charge on any atom is -0.397 e. The number of para-hydroxylation sites is 1. The average molecular weight is 145 g/mol. The topological polar surface area (TPSA) is 73.6 Å². The Bertz CT molecular complexity index is 369. The first-order valence-electron chi connectivity index (χ1n) is 3.81. The van der Waals surface area contributed by atoms with Gasteiger partial charge in [-0.15, -0.1) is 0 Å². The third-order valence-electron chi connectivity index (χ3n) is 1.28. The highest BCUT2D eigenvalue weighted by Crippen LogP contribution is 2.14. The van der Waals surface area contributed by atoms with Gasteiger partial charge in [0.05, 0.1) is 16.8 Å². The fourth-order valence-electron chi connectivity index (χ4n) is 0.724. The van der Waals surface area contributed by atoms with Crippen molar-refractivity contribution in [2.24, 2.45) is 0 Å². The van der Waals surface area contributed by atoms with E-state index in [0.717, 1.165) is 0 Å². The molecule has 3 nitrogen and oxygen atoms in total. The lowest BCUT2D eigenvalue weighted by atomic mass is 10.1. The summed E-state index contributed by atoms with van der Waals surface area (Å²) >= 11 is 0. The van der Waals surface area contributed by atoms with Gasteiger partial charge in [-0.05, 0) is 12.1 Å². The second-order valence-corrected chi connectivity index (χ2v) is 1.93. The van der Waals surface area contributed by atoms with Gasteiger partial charge in [-0.2, -0.15) is 10.5 Å². The van der Waals surface area contributed by atoms with Crippen LogP contribution in [-0.4, -0.2) is 0 Å². The van der Waals surface area contributed by atoms with Gasteiger partial charge >= 0.3 is 0 Å². The molecule has 1 aromatic rings. The predicted molar refractivity (Wildman–Crippen MR) is 40.3 cm³/mol. The van der Waals surface area contributed by atoms with Crippen LogP contribution in [0.25, 0.3) is 0 Å². The smallest absolute Gasteiger partial charge is 0.156 e. The van der Waals surface area contributed by atoms with Gasteiger partial charge < -0.3 is 5.72 Å². The second-order valence-electron chi connectivity index (χ2n) is 1.93. The monoisotopic (exact) mass is 145 g/mol. The summed E-state index contributed by atoms with van der Waals surface area (Å²) in [6.07, 6.45) is 0.